The number of thiophene rings is 1. The van der Waals surface area contributed by atoms with Crippen LogP contribution < -0.4 is 0 Å². The second kappa shape index (κ2) is 16.9. The molecule has 275 valence electrons. The first-order valence-corrected chi connectivity index (χ1v) is 19.1. The first-order valence-electron chi connectivity index (χ1n) is 18.3. The minimum atomic E-state index is -0.377. The summed E-state index contributed by atoms with van der Waals surface area (Å²) in [6.45, 7) is 20.8. The van der Waals surface area contributed by atoms with E-state index < -0.39 is 0 Å². The summed E-state index contributed by atoms with van der Waals surface area (Å²) in [5, 5.41) is 14.6. The van der Waals surface area contributed by atoms with Gasteiger partial charge in [-0.05, 0) is 71.2 Å². The van der Waals surface area contributed by atoms with E-state index in [0.717, 1.165) is 35.3 Å². The van der Waals surface area contributed by atoms with Crippen molar-refractivity contribution in [2.24, 2.45) is 10.8 Å². The number of benzene rings is 4. The Labute approximate surface area is 328 Å². The van der Waals surface area contributed by atoms with Crippen LogP contribution in [0, 0.1) is 16.2 Å². The summed E-state index contributed by atoms with van der Waals surface area (Å²) in [6.07, 6.45) is 2.99. The topological polar surface area (TPSA) is 55.1 Å². The van der Waals surface area contributed by atoms with Crippen molar-refractivity contribution in [1.29, 1.82) is 0 Å². The number of para-hydroxylation sites is 2. The molecule has 1 radical (unpaired) electrons. The molecule has 0 aliphatic carbocycles. The van der Waals surface area contributed by atoms with E-state index in [4.69, 9.17) is 4.98 Å². The molecule has 0 aliphatic rings. The number of aliphatic hydroxyl groups is 1. The van der Waals surface area contributed by atoms with Crippen LogP contribution in [0.25, 0.3) is 49.3 Å². The number of imidazole rings is 1. The van der Waals surface area contributed by atoms with E-state index in [-0.39, 0.29) is 42.5 Å². The van der Waals surface area contributed by atoms with Crippen LogP contribution in [0.1, 0.15) is 105 Å². The van der Waals surface area contributed by atoms with Crippen molar-refractivity contribution in [3.8, 4) is 28.2 Å². The summed E-state index contributed by atoms with van der Waals surface area (Å²) in [4.78, 5) is 17.0. The van der Waals surface area contributed by atoms with Crippen LogP contribution in [-0.2, 0) is 24.9 Å². The van der Waals surface area contributed by atoms with Crippen molar-refractivity contribution in [3.05, 3.63) is 119 Å². The summed E-state index contributed by atoms with van der Waals surface area (Å²) in [5.74, 6) is 1.85. The maximum absolute atomic E-state index is 11.8. The predicted octanol–water partition coefficient (Wildman–Crippen LogP) is 13.5. The van der Waals surface area contributed by atoms with Gasteiger partial charge in [-0.25, -0.2) is 0 Å². The predicted molar refractivity (Wildman–Crippen MR) is 218 cm³/mol. The molecule has 0 saturated heterocycles. The number of rotatable bonds is 10. The smallest absolute Gasteiger partial charge is 0.164 e. The zero-order valence-corrected chi connectivity index (χ0v) is 35.5. The molecule has 0 bridgehead atoms. The van der Waals surface area contributed by atoms with Gasteiger partial charge in [0.2, 0.25) is 0 Å². The van der Waals surface area contributed by atoms with Gasteiger partial charge in [0.1, 0.15) is 5.76 Å². The van der Waals surface area contributed by atoms with Gasteiger partial charge in [-0.1, -0.05) is 146 Å². The van der Waals surface area contributed by atoms with Gasteiger partial charge in [0, 0.05) is 42.7 Å². The molecule has 52 heavy (non-hydrogen) atoms. The van der Waals surface area contributed by atoms with Crippen molar-refractivity contribution in [1.82, 2.24) is 9.55 Å². The second-order valence-electron chi connectivity index (χ2n) is 15.4. The van der Waals surface area contributed by atoms with Crippen LogP contribution in [0.2, 0.25) is 0 Å². The molecule has 0 fully saturated rings. The summed E-state index contributed by atoms with van der Waals surface area (Å²) >= 11 is 1.66. The van der Waals surface area contributed by atoms with Gasteiger partial charge in [-0.2, -0.15) is 0 Å². The third-order valence-corrected chi connectivity index (χ3v) is 11.2. The second-order valence-corrected chi connectivity index (χ2v) is 16.2. The minimum Gasteiger partial charge on any atom is -0.512 e. The van der Waals surface area contributed by atoms with Gasteiger partial charge in [-0.15, -0.1) is 11.5 Å². The first-order chi connectivity index (χ1) is 24.2. The van der Waals surface area contributed by atoms with E-state index in [1.54, 1.807) is 11.3 Å². The molecule has 0 aliphatic heterocycles. The number of aliphatic hydroxyl groups excluding tert-OH is 1. The fraction of sp³-hybridized carbons (Fsp3) is 0.348. The van der Waals surface area contributed by atoms with Gasteiger partial charge in [0.05, 0.1) is 16.9 Å². The molecule has 6 aromatic rings. The summed E-state index contributed by atoms with van der Waals surface area (Å²) in [5.41, 5.74) is 8.98. The van der Waals surface area contributed by atoms with Gasteiger partial charge >= 0.3 is 0 Å². The molecule has 0 spiro atoms. The largest absolute Gasteiger partial charge is 0.512 e. The number of allylic oxidation sites excluding steroid dienone is 2. The SMILES string of the molecule is CC(C)c1cc(-c2ccccc2)cc(C(C)C)c1-n1c(-c2[c-]sc3ccccc23)nc2ccccc21.CCC(C)(C)C(=O)/C=C(\O)C(C)(C)CC.[Ir]. The molecule has 0 unspecified atom stereocenters. The van der Waals surface area contributed by atoms with E-state index in [1.165, 1.54) is 44.1 Å². The van der Waals surface area contributed by atoms with Crippen molar-refractivity contribution in [2.75, 3.05) is 0 Å². The number of hydrogen-bond acceptors (Lipinski definition) is 4. The molecule has 4 aromatic carbocycles. The van der Waals surface area contributed by atoms with E-state index >= 15 is 0 Å². The fourth-order valence-electron chi connectivity index (χ4n) is 6.00. The van der Waals surface area contributed by atoms with E-state index in [9.17, 15) is 9.90 Å². The quantitative estimate of drug-likeness (QED) is 0.0847. The Morgan fingerprint density at radius 2 is 1.37 bits per heavy atom. The van der Waals surface area contributed by atoms with Crippen LogP contribution in [0.4, 0.5) is 0 Å². The molecular formula is C46H53IrN2O2S-. The van der Waals surface area contributed by atoms with E-state index in [1.807, 2.05) is 41.5 Å². The first kappa shape index (κ1) is 40.9. The number of hydrogen-bond donors (Lipinski definition) is 1. The van der Waals surface area contributed by atoms with Crippen LogP contribution in [-0.4, -0.2) is 20.4 Å². The number of carbonyl (C=O) groups is 1. The maximum atomic E-state index is 11.8. The Balaban J connectivity index is 0.000000323. The molecule has 6 heteroatoms. The van der Waals surface area contributed by atoms with Gasteiger partial charge < -0.3 is 9.67 Å². The molecule has 2 heterocycles. The number of carbonyl (C=O) groups excluding carboxylic acids is 1. The van der Waals surface area contributed by atoms with Crippen molar-refractivity contribution >= 4 is 38.2 Å². The molecular weight excluding hydrogens is 837 g/mol. The Bertz CT molecular complexity index is 2140. The van der Waals surface area contributed by atoms with Crippen LogP contribution in [0.5, 0.6) is 0 Å². The number of ketones is 1. The normalized spacial score (nSPS) is 12.3. The van der Waals surface area contributed by atoms with Gasteiger partial charge in [0.25, 0.3) is 0 Å². The number of fused-ring (bicyclic) bond motifs is 2. The Hall–Kier alpha value is -3.83. The van der Waals surface area contributed by atoms with Crippen molar-refractivity contribution < 1.29 is 30.0 Å². The zero-order valence-electron chi connectivity index (χ0n) is 32.3. The molecule has 2 aromatic heterocycles. The van der Waals surface area contributed by atoms with Gasteiger partial charge in [-0.3, -0.25) is 21.1 Å². The monoisotopic (exact) mass is 890 g/mol. The standard InChI is InChI=1S/C33H29N2S.C13H24O2.Ir/c1-21(2)26-18-24(23-12-6-5-7-13-23)19-27(22(3)4)32(26)35-30-16-10-9-15-29(30)34-33(35)28-20-36-31-17-11-8-14-25(28)31;1-7-12(3,4)10(14)9-11(15)13(5,6)8-2;/h5-19,21-22H,1-4H3;9,14H,7-8H2,1-6H3;/q-1;;/b;10-9-;. The third kappa shape index (κ3) is 8.52. The fourth-order valence-corrected chi connectivity index (χ4v) is 6.84. The molecule has 6 rings (SSSR count). The Kier molecular flexibility index (Phi) is 13.3. The average molecular weight is 890 g/mol. The summed E-state index contributed by atoms with van der Waals surface area (Å²) in [7, 11) is 0. The maximum Gasteiger partial charge on any atom is 0.164 e. The molecule has 0 amide bonds. The Morgan fingerprint density at radius 1 is 0.808 bits per heavy atom. The van der Waals surface area contributed by atoms with Crippen LogP contribution in [0.15, 0.2) is 103 Å². The molecule has 0 saturated carbocycles. The third-order valence-electron chi connectivity index (χ3n) is 10.3. The van der Waals surface area contributed by atoms with Gasteiger partial charge in [0.15, 0.2) is 5.78 Å². The summed E-state index contributed by atoms with van der Waals surface area (Å²) < 4.78 is 3.64. The minimum absolute atomic E-state index is 0. The molecule has 4 nitrogen and oxygen atoms in total. The number of nitrogens with zero attached hydrogens (tertiary/aromatic N) is 2. The Morgan fingerprint density at radius 3 is 1.96 bits per heavy atom. The van der Waals surface area contributed by atoms with Crippen molar-refractivity contribution in [3.63, 3.8) is 0 Å². The van der Waals surface area contributed by atoms with Crippen molar-refractivity contribution in [2.45, 2.75) is 93.9 Å². The molecule has 1 N–H and O–H groups in total. The summed E-state index contributed by atoms with van der Waals surface area (Å²) in [6, 6.07) is 32.5. The van der Waals surface area contributed by atoms with E-state index in [0.29, 0.717) is 11.8 Å². The van der Waals surface area contributed by atoms with Crippen LogP contribution >= 0.6 is 11.3 Å². The average Bonchev–Trinajstić information content (AvgIpc) is 3.73. The number of aromatic nitrogens is 2. The zero-order chi connectivity index (χ0) is 37.1. The molecule has 0 atom stereocenters. The van der Waals surface area contributed by atoms with E-state index in [2.05, 4.69) is 129 Å². The van der Waals surface area contributed by atoms with Crippen LogP contribution in [0.3, 0.4) is 0 Å².